The number of amides is 1. The van der Waals surface area contributed by atoms with Gasteiger partial charge in [-0.3, -0.25) is 14.9 Å². The summed E-state index contributed by atoms with van der Waals surface area (Å²) < 4.78 is 7.25. The van der Waals surface area contributed by atoms with Gasteiger partial charge in [-0.1, -0.05) is 17.7 Å². The van der Waals surface area contributed by atoms with Crippen LogP contribution >= 0.6 is 11.6 Å². The number of halogens is 1. The summed E-state index contributed by atoms with van der Waals surface area (Å²) >= 11 is 5.80. The van der Waals surface area contributed by atoms with Crippen LogP contribution in [0.15, 0.2) is 59.7 Å². The summed E-state index contributed by atoms with van der Waals surface area (Å²) in [4.78, 5) is 22.5. The molecule has 0 radical (unpaired) electrons. The minimum Gasteiger partial charge on any atom is -0.484 e. The van der Waals surface area contributed by atoms with Crippen LogP contribution in [0.25, 0.3) is 5.69 Å². The number of aryl methyl sites for hydroxylation is 1. The molecule has 0 aliphatic carbocycles. The molecule has 0 bridgehead atoms. The fourth-order valence-electron chi connectivity index (χ4n) is 2.95. The van der Waals surface area contributed by atoms with Gasteiger partial charge < -0.3 is 9.30 Å². The van der Waals surface area contributed by atoms with Crippen molar-refractivity contribution >= 4 is 29.4 Å². The third kappa shape index (κ3) is 5.03. The lowest BCUT2D eigenvalue weighted by molar-refractivity contribution is -0.384. The predicted molar refractivity (Wildman–Crippen MR) is 115 cm³/mol. The average molecular weight is 427 g/mol. The van der Waals surface area contributed by atoms with E-state index in [2.05, 4.69) is 10.5 Å². The van der Waals surface area contributed by atoms with Crippen molar-refractivity contribution in [3.05, 3.63) is 86.7 Å². The molecule has 1 heterocycles. The van der Waals surface area contributed by atoms with Crippen molar-refractivity contribution in [3.8, 4) is 11.4 Å². The highest BCUT2D eigenvalue weighted by Gasteiger charge is 2.13. The fraction of sp³-hybridized carbons (Fsp3) is 0.143. The summed E-state index contributed by atoms with van der Waals surface area (Å²) in [5.74, 6) is 0.118. The predicted octanol–water partition coefficient (Wildman–Crippen LogP) is 4.18. The number of aromatic nitrogens is 1. The Labute approximate surface area is 177 Å². The molecule has 2 aromatic carbocycles. The third-order valence-corrected chi connectivity index (χ3v) is 4.60. The quantitative estimate of drug-likeness (QED) is 0.348. The number of benzene rings is 2. The van der Waals surface area contributed by atoms with E-state index >= 15 is 0 Å². The number of ether oxygens (including phenoxy) is 1. The van der Waals surface area contributed by atoms with Crippen LogP contribution in [0.5, 0.6) is 5.75 Å². The van der Waals surface area contributed by atoms with Gasteiger partial charge in [-0.05, 0) is 50.2 Å². The van der Waals surface area contributed by atoms with Crippen molar-refractivity contribution in [2.75, 3.05) is 6.61 Å². The van der Waals surface area contributed by atoms with Crippen LogP contribution < -0.4 is 10.2 Å². The third-order valence-electron chi connectivity index (χ3n) is 4.35. The molecule has 3 aromatic rings. The van der Waals surface area contributed by atoms with Crippen molar-refractivity contribution < 1.29 is 14.5 Å². The number of nitro groups is 1. The monoisotopic (exact) mass is 426 g/mol. The number of hydrazone groups is 1. The Balaban J connectivity index is 1.65. The Morgan fingerprint density at radius 3 is 2.67 bits per heavy atom. The number of rotatable bonds is 7. The van der Waals surface area contributed by atoms with E-state index in [-0.39, 0.29) is 12.3 Å². The van der Waals surface area contributed by atoms with Gasteiger partial charge in [-0.15, -0.1) is 0 Å². The van der Waals surface area contributed by atoms with Crippen LogP contribution in [0.2, 0.25) is 5.02 Å². The molecule has 9 heteroatoms. The fourth-order valence-corrected chi connectivity index (χ4v) is 3.07. The number of nitrogens with zero attached hydrogens (tertiary/aromatic N) is 3. The minimum absolute atomic E-state index is 0.0168. The molecule has 0 saturated heterocycles. The number of carbonyl (C=O) groups is 1. The van der Waals surface area contributed by atoms with E-state index in [0.29, 0.717) is 16.5 Å². The molecule has 30 heavy (non-hydrogen) atoms. The Morgan fingerprint density at radius 1 is 1.23 bits per heavy atom. The van der Waals surface area contributed by atoms with Crippen LogP contribution in [0, 0.1) is 24.0 Å². The van der Waals surface area contributed by atoms with Gasteiger partial charge in [0.1, 0.15) is 5.75 Å². The smallest absolute Gasteiger partial charge is 0.277 e. The first kappa shape index (κ1) is 21.1. The molecular formula is C21H19ClN4O4. The molecule has 0 aliphatic heterocycles. The zero-order chi connectivity index (χ0) is 21.7. The highest BCUT2D eigenvalue weighted by molar-refractivity contribution is 6.30. The number of carbonyl (C=O) groups excluding carboxylic acids is 1. The first-order valence-corrected chi connectivity index (χ1v) is 9.37. The first-order valence-electron chi connectivity index (χ1n) is 8.99. The van der Waals surface area contributed by atoms with Crippen molar-refractivity contribution in [3.63, 3.8) is 0 Å². The topological polar surface area (TPSA) is 98.8 Å². The zero-order valence-electron chi connectivity index (χ0n) is 16.3. The Bertz CT molecular complexity index is 1110. The van der Waals surface area contributed by atoms with Crippen molar-refractivity contribution in [2.45, 2.75) is 13.8 Å². The molecule has 0 aliphatic rings. The minimum atomic E-state index is -0.429. The van der Waals surface area contributed by atoms with E-state index in [9.17, 15) is 14.9 Å². The van der Waals surface area contributed by atoms with Crippen molar-refractivity contribution in [1.82, 2.24) is 9.99 Å². The van der Waals surface area contributed by atoms with Gasteiger partial charge in [0.15, 0.2) is 6.61 Å². The van der Waals surface area contributed by atoms with Gasteiger partial charge in [-0.25, -0.2) is 5.43 Å². The SMILES string of the molecule is Cc1cc(/C=N\NC(=O)COc2ccc(Cl)cc2)c(C)n1-c1cccc([N+](=O)[O-])c1. The normalized spacial score (nSPS) is 10.9. The largest absolute Gasteiger partial charge is 0.484 e. The number of non-ortho nitro benzene ring substituents is 1. The molecule has 0 fully saturated rings. The summed E-state index contributed by atoms with van der Waals surface area (Å²) in [5.41, 5.74) is 5.60. The molecule has 1 N–H and O–H groups in total. The average Bonchev–Trinajstić information content (AvgIpc) is 3.01. The Hall–Kier alpha value is -3.65. The summed E-state index contributed by atoms with van der Waals surface area (Å²) in [6, 6.07) is 15.0. The second kappa shape index (κ2) is 9.23. The first-order chi connectivity index (χ1) is 14.3. The van der Waals surface area contributed by atoms with Gasteiger partial charge in [0.25, 0.3) is 11.6 Å². The van der Waals surface area contributed by atoms with Crippen molar-refractivity contribution in [1.29, 1.82) is 0 Å². The van der Waals surface area contributed by atoms with Crippen molar-refractivity contribution in [2.24, 2.45) is 5.10 Å². The number of nitro benzene ring substituents is 1. The molecule has 0 spiro atoms. The lowest BCUT2D eigenvalue weighted by Crippen LogP contribution is -2.24. The highest BCUT2D eigenvalue weighted by atomic mass is 35.5. The van der Waals surface area contributed by atoms with E-state index in [1.807, 2.05) is 24.5 Å². The molecule has 8 nitrogen and oxygen atoms in total. The molecule has 0 saturated carbocycles. The second-order valence-corrected chi connectivity index (χ2v) is 6.91. The van der Waals surface area contributed by atoms with Gasteiger partial charge in [0.05, 0.1) is 16.8 Å². The summed E-state index contributed by atoms with van der Waals surface area (Å²) in [6.45, 7) is 3.58. The second-order valence-electron chi connectivity index (χ2n) is 6.47. The van der Waals surface area contributed by atoms with Crippen LogP contribution in [0.1, 0.15) is 17.0 Å². The van der Waals surface area contributed by atoms with Gasteiger partial charge in [0, 0.05) is 34.1 Å². The van der Waals surface area contributed by atoms with Crippen LogP contribution in [-0.2, 0) is 4.79 Å². The maximum Gasteiger partial charge on any atom is 0.277 e. The number of nitrogens with one attached hydrogen (secondary N) is 1. The summed E-state index contributed by atoms with van der Waals surface area (Å²) in [5, 5.41) is 15.6. The number of hydrogen-bond donors (Lipinski definition) is 1. The van der Waals surface area contributed by atoms with E-state index in [1.54, 1.807) is 36.4 Å². The molecule has 0 unspecified atom stereocenters. The Kier molecular flexibility index (Phi) is 6.48. The molecule has 154 valence electrons. The maximum atomic E-state index is 11.9. The van der Waals surface area contributed by atoms with E-state index in [0.717, 1.165) is 17.0 Å². The summed E-state index contributed by atoms with van der Waals surface area (Å²) in [7, 11) is 0. The standard InChI is InChI=1S/C21H19ClN4O4/c1-14-10-16(15(2)25(14)18-4-3-5-19(11-18)26(28)29)12-23-24-21(27)13-30-20-8-6-17(22)7-9-20/h3-12H,13H2,1-2H3,(H,24,27)/b23-12-. The van der Waals surface area contributed by atoms with Gasteiger partial charge in [0.2, 0.25) is 0 Å². The maximum absolute atomic E-state index is 11.9. The lowest BCUT2D eigenvalue weighted by atomic mass is 10.2. The molecule has 3 rings (SSSR count). The van der Waals surface area contributed by atoms with Gasteiger partial charge >= 0.3 is 0 Å². The number of hydrogen-bond acceptors (Lipinski definition) is 5. The van der Waals surface area contributed by atoms with E-state index < -0.39 is 10.8 Å². The van der Waals surface area contributed by atoms with E-state index in [1.165, 1.54) is 18.3 Å². The van der Waals surface area contributed by atoms with E-state index in [4.69, 9.17) is 16.3 Å². The molecule has 1 aromatic heterocycles. The summed E-state index contributed by atoms with van der Waals surface area (Å²) in [6.07, 6.45) is 1.52. The van der Waals surface area contributed by atoms with Gasteiger partial charge in [-0.2, -0.15) is 5.10 Å². The zero-order valence-corrected chi connectivity index (χ0v) is 17.1. The molecular weight excluding hydrogens is 408 g/mol. The lowest BCUT2D eigenvalue weighted by Gasteiger charge is -2.09. The van der Waals surface area contributed by atoms with Crippen LogP contribution in [0.4, 0.5) is 5.69 Å². The molecule has 0 atom stereocenters. The Morgan fingerprint density at radius 2 is 1.97 bits per heavy atom. The van der Waals surface area contributed by atoms with Crippen LogP contribution in [-0.4, -0.2) is 28.2 Å². The molecule has 1 amide bonds. The highest BCUT2D eigenvalue weighted by Crippen LogP contribution is 2.23. The van der Waals surface area contributed by atoms with Crippen LogP contribution in [0.3, 0.4) is 0 Å².